The second-order valence-corrected chi connectivity index (χ2v) is 5.89. The van der Waals surface area contributed by atoms with Crippen LogP contribution in [0.2, 0.25) is 0 Å². The molecule has 2 N–H and O–H groups in total. The number of nitrogens with two attached hydrogens (primary N) is 1. The van der Waals surface area contributed by atoms with Crippen molar-refractivity contribution in [2.75, 3.05) is 13.0 Å². The van der Waals surface area contributed by atoms with Crippen molar-refractivity contribution in [3.63, 3.8) is 0 Å². The van der Waals surface area contributed by atoms with Crippen LogP contribution in [0.3, 0.4) is 0 Å². The Balaban J connectivity index is 2.39. The lowest BCUT2D eigenvalue weighted by molar-refractivity contribution is 0.0603. The molecule has 0 saturated heterocycles. The zero-order valence-electron chi connectivity index (χ0n) is 11.6. The van der Waals surface area contributed by atoms with Crippen molar-refractivity contribution in [1.29, 1.82) is 0 Å². The van der Waals surface area contributed by atoms with Crippen molar-refractivity contribution in [2.45, 2.75) is 0 Å². The van der Waals surface area contributed by atoms with Crippen LogP contribution in [0.5, 0.6) is 0 Å². The van der Waals surface area contributed by atoms with E-state index in [0.29, 0.717) is 31.3 Å². The monoisotopic (exact) mass is 410 g/mol. The predicted octanol–water partition coefficient (Wildman–Crippen LogP) is 3.55. The maximum absolute atomic E-state index is 13.9. The maximum atomic E-state index is 13.9. The smallest absolute Gasteiger partial charge is 0.340 e. The molecule has 0 aliphatic carbocycles. The van der Waals surface area contributed by atoms with Crippen LogP contribution < -0.4 is 5.84 Å². The Morgan fingerprint density at radius 3 is 2.68 bits per heavy atom. The summed E-state index contributed by atoms with van der Waals surface area (Å²) in [5.74, 6) is 5.27. The predicted molar refractivity (Wildman–Crippen MR) is 91.5 cm³/mol. The van der Waals surface area contributed by atoms with Crippen molar-refractivity contribution in [3.8, 4) is 11.3 Å². The maximum Gasteiger partial charge on any atom is 0.340 e. The molecule has 3 rings (SSSR count). The van der Waals surface area contributed by atoms with Crippen molar-refractivity contribution in [3.05, 3.63) is 57.4 Å². The number of carbonyl (C=O) groups excluding carboxylic acids is 1. The molecular formula is C16H12FIN2O2. The first-order valence-electron chi connectivity index (χ1n) is 6.47. The number of halogens is 2. The van der Waals surface area contributed by atoms with Gasteiger partial charge in [0.1, 0.15) is 5.82 Å². The number of hydrogen-bond acceptors (Lipinski definition) is 3. The van der Waals surface area contributed by atoms with Crippen LogP contribution in [-0.2, 0) is 4.74 Å². The van der Waals surface area contributed by atoms with E-state index in [0.717, 1.165) is 0 Å². The van der Waals surface area contributed by atoms with Crippen molar-refractivity contribution in [2.24, 2.45) is 0 Å². The summed E-state index contributed by atoms with van der Waals surface area (Å²) in [6, 6.07) is 12.0. The minimum Gasteiger partial charge on any atom is -0.465 e. The fourth-order valence-electron chi connectivity index (χ4n) is 2.50. The van der Waals surface area contributed by atoms with Gasteiger partial charge < -0.3 is 10.6 Å². The highest BCUT2D eigenvalue weighted by Gasteiger charge is 2.23. The first kappa shape index (κ1) is 14.8. The van der Waals surface area contributed by atoms with Crippen molar-refractivity contribution in [1.82, 2.24) is 4.68 Å². The van der Waals surface area contributed by atoms with Crippen LogP contribution in [0.4, 0.5) is 4.39 Å². The highest BCUT2D eigenvalue weighted by atomic mass is 127. The van der Waals surface area contributed by atoms with Crippen LogP contribution in [-0.4, -0.2) is 17.8 Å². The van der Waals surface area contributed by atoms with Crippen LogP contribution in [0.15, 0.2) is 42.5 Å². The standard InChI is InChI=1S/C16H12FIN2O2/c1-22-16(21)14-10-4-2-3-5-13(10)20(19)15(14)9-6-7-12(18)11(17)8-9/h2-8H,19H2,1H3. The molecule has 1 aromatic heterocycles. The van der Waals surface area contributed by atoms with Gasteiger partial charge in [0.25, 0.3) is 0 Å². The minimum atomic E-state index is -0.505. The number of aromatic nitrogens is 1. The van der Waals surface area contributed by atoms with Gasteiger partial charge in [0.05, 0.1) is 23.9 Å². The molecule has 0 aliphatic heterocycles. The number of fused-ring (bicyclic) bond motifs is 1. The molecule has 0 unspecified atom stereocenters. The van der Waals surface area contributed by atoms with Crippen LogP contribution >= 0.6 is 22.6 Å². The number of hydrogen-bond donors (Lipinski definition) is 1. The van der Waals surface area contributed by atoms with Gasteiger partial charge in [-0.3, -0.25) is 4.68 Å². The summed E-state index contributed by atoms with van der Waals surface area (Å²) in [4.78, 5) is 12.2. The number of nitrogen functional groups attached to an aromatic ring is 1. The van der Waals surface area contributed by atoms with E-state index in [-0.39, 0.29) is 5.82 Å². The van der Waals surface area contributed by atoms with E-state index < -0.39 is 5.97 Å². The number of nitrogens with zero attached hydrogens (tertiary/aromatic N) is 1. The number of para-hydroxylation sites is 1. The van der Waals surface area contributed by atoms with Gasteiger partial charge in [0.15, 0.2) is 0 Å². The average molecular weight is 410 g/mol. The summed E-state index contributed by atoms with van der Waals surface area (Å²) >= 11 is 1.91. The molecular weight excluding hydrogens is 398 g/mol. The topological polar surface area (TPSA) is 57.2 Å². The highest BCUT2D eigenvalue weighted by molar-refractivity contribution is 14.1. The van der Waals surface area contributed by atoms with Gasteiger partial charge >= 0.3 is 5.97 Å². The number of methoxy groups -OCH3 is 1. The summed E-state index contributed by atoms with van der Waals surface area (Å²) in [5, 5.41) is 0.672. The quantitative estimate of drug-likeness (QED) is 0.400. The van der Waals surface area contributed by atoms with E-state index in [1.54, 1.807) is 24.3 Å². The van der Waals surface area contributed by atoms with Crippen LogP contribution in [0.25, 0.3) is 22.2 Å². The first-order chi connectivity index (χ1) is 10.5. The molecule has 0 bridgehead atoms. The molecule has 6 heteroatoms. The fourth-order valence-corrected chi connectivity index (χ4v) is 2.83. The molecule has 0 fully saturated rings. The molecule has 4 nitrogen and oxygen atoms in total. The van der Waals surface area contributed by atoms with E-state index in [1.165, 1.54) is 17.9 Å². The minimum absolute atomic E-state index is 0.334. The molecule has 112 valence electrons. The average Bonchev–Trinajstić information content (AvgIpc) is 2.83. The van der Waals surface area contributed by atoms with Crippen LogP contribution in [0, 0.1) is 9.39 Å². The Labute approximate surface area is 139 Å². The number of esters is 1. The lowest BCUT2D eigenvalue weighted by Gasteiger charge is -2.08. The molecule has 0 amide bonds. The Morgan fingerprint density at radius 2 is 2.00 bits per heavy atom. The summed E-state index contributed by atoms with van der Waals surface area (Å²) in [5.41, 5.74) is 1.97. The number of rotatable bonds is 2. The molecule has 1 heterocycles. The second-order valence-electron chi connectivity index (χ2n) is 4.73. The number of ether oxygens (including phenoxy) is 1. The highest BCUT2D eigenvalue weighted by Crippen LogP contribution is 2.33. The van der Waals surface area contributed by atoms with Gasteiger partial charge in [0, 0.05) is 14.5 Å². The molecule has 0 aliphatic rings. The molecule has 3 aromatic rings. The van der Waals surface area contributed by atoms with Crippen molar-refractivity contribution < 1.29 is 13.9 Å². The van der Waals surface area contributed by atoms with Crippen molar-refractivity contribution >= 4 is 39.5 Å². The van der Waals surface area contributed by atoms with Gasteiger partial charge in [-0.05, 0) is 40.8 Å². The second kappa shape index (κ2) is 5.60. The third kappa shape index (κ3) is 2.23. The summed E-state index contributed by atoms with van der Waals surface area (Å²) < 4.78 is 20.7. The van der Waals surface area contributed by atoms with Gasteiger partial charge in [-0.1, -0.05) is 24.3 Å². The SMILES string of the molecule is COC(=O)c1c(-c2ccc(I)c(F)c2)n(N)c2ccccc12. The van der Waals surface area contributed by atoms with E-state index in [4.69, 9.17) is 10.6 Å². The molecule has 2 aromatic carbocycles. The molecule has 0 radical (unpaired) electrons. The molecule has 0 saturated carbocycles. The normalized spacial score (nSPS) is 10.9. The Bertz CT molecular complexity index is 889. The third-order valence-electron chi connectivity index (χ3n) is 3.49. The molecule has 0 atom stereocenters. The fraction of sp³-hybridized carbons (Fsp3) is 0.0625. The van der Waals surface area contributed by atoms with Gasteiger partial charge in [-0.25, -0.2) is 9.18 Å². The summed E-state index contributed by atoms with van der Waals surface area (Å²) in [7, 11) is 1.31. The van der Waals surface area contributed by atoms with E-state index in [9.17, 15) is 9.18 Å². The Kier molecular flexibility index (Phi) is 3.78. The first-order valence-corrected chi connectivity index (χ1v) is 7.54. The lowest BCUT2D eigenvalue weighted by atomic mass is 10.1. The number of carbonyl (C=O) groups is 1. The van der Waals surface area contributed by atoms with Crippen LogP contribution in [0.1, 0.15) is 10.4 Å². The largest absolute Gasteiger partial charge is 0.465 e. The lowest BCUT2D eigenvalue weighted by Crippen LogP contribution is -2.11. The zero-order valence-corrected chi connectivity index (χ0v) is 13.8. The Morgan fingerprint density at radius 1 is 1.27 bits per heavy atom. The van der Waals surface area contributed by atoms with Gasteiger partial charge in [-0.2, -0.15) is 0 Å². The van der Waals surface area contributed by atoms with Gasteiger partial charge in [0.2, 0.25) is 0 Å². The zero-order chi connectivity index (χ0) is 15.9. The Hall–Kier alpha value is -2.09. The van der Waals surface area contributed by atoms with E-state index in [1.807, 2.05) is 34.7 Å². The summed E-state index contributed by atoms with van der Waals surface area (Å²) in [6.45, 7) is 0. The molecule has 22 heavy (non-hydrogen) atoms. The third-order valence-corrected chi connectivity index (χ3v) is 4.37. The summed E-state index contributed by atoms with van der Waals surface area (Å²) in [6.07, 6.45) is 0. The van der Waals surface area contributed by atoms with E-state index >= 15 is 0 Å². The molecule has 0 spiro atoms. The van der Waals surface area contributed by atoms with E-state index in [2.05, 4.69) is 0 Å². The number of benzene rings is 2. The van der Waals surface area contributed by atoms with Gasteiger partial charge in [-0.15, -0.1) is 0 Å².